The zero-order chi connectivity index (χ0) is 16.2. The lowest BCUT2D eigenvalue weighted by Gasteiger charge is -2.24. The molecule has 0 radical (unpaired) electrons. The molecule has 7 heteroatoms. The van der Waals surface area contributed by atoms with Crippen LogP contribution in [-0.4, -0.2) is 76.4 Å². The van der Waals surface area contributed by atoms with E-state index in [4.69, 9.17) is 9.47 Å². The SMILES string of the molecule is CCOCCNC(=NCC(=O)N(C)C)NCC1CCCCO1. The van der Waals surface area contributed by atoms with Gasteiger partial charge in [-0.15, -0.1) is 0 Å². The normalized spacial score (nSPS) is 18.9. The van der Waals surface area contributed by atoms with Crippen molar-refractivity contribution in [2.75, 3.05) is 53.6 Å². The minimum absolute atomic E-state index is 0.0279. The van der Waals surface area contributed by atoms with Gasteiger partial charge in [0.2, 0.25) is 5.91 Å². The number of amides is 1. The fourth-order valence-electron chi connectivity index (χ4n) is 2.03. The van der Waals surface area contributed by atoms with Gasteiger partial charge in [-0.1, -0.05) is 0 Å². The summed E-state index contributed by atoms with van der Waals surface area (Å²) >= 11 is 0. The number of carbonyl (C=O) groups excluding carboxylic acids is 1. The number of nitrogens with zero attached hydrogens (tertiary/aromatic N) is 2. The van der Waals surface area contributed by atoms with Crippen LogP contribution in [-0.2, 0) is 14.3 Å². The van der Waals surface area contributed by atoms with Crippen LogP contribution in [0.3, 0.4) is 0 Å². The molecule has 1 atom stereocenters. The van der Waals surface area contributed by atoms with Crippen molar-refractivity contribution >= 4 is 11.9 Å². The lowest BCUT2D eigenvalue weighted by atomic mass is 10.1. The summed E-state index contributed by atoms with van der Waals surface area (Å²) in [7, 11) is 3.45. The third-order valence-corrected chi connectivity index (χ3v) is 3.39. The molecule has 2 N–H and O–H groups in total. The second-order valence-electron chi connectivity index (χ2n) is 5.45. The van der Waals surface area contributed by atoms with E-state index in [2.05, 4.69) is 15.6 Å². The summed E-state index contributed by atoms with van der Waals surface area (Å²) in [4.78, 5) is 17.5. The molecule has 1 fully saturated rings. The highest BCUT2D eigenvalue weighted by Crippen LogP contribution is 2.11. The maximum atomic E-state index is 11.6. The Balaban J connectivity index is 2.41. The molecule has 1 rings (SSSR count). The molecule has 1 aliphatic heterocycles. The zero-order valence-electron chi connectivity index (χ0n) is 14.1. The summed E-state index contributed by atoms with van der Waals surface area (Å²) in [5.41, 5.74) is 0. The summed E-state index contributed by atoms with van der Waals surface area (Å²) in [5.74, 6) is 0.601. The summed E-state index contributed by atoms with van der Waals surface area (Å²) in [6.07, 6.45) is 3.63. The van der Waals surface area contributed by atoms with Crippen molar-refractivity contribution in [1.29, 1.82) is 0 Å². The van der Waals surface area contributed by atoms with Crippen molar-refractivity contribution in [3.05, 3.63) is 0 Å². The van der Waals surface area contributed by atoms with Gasteiger partial charge >= 0.3 is 0 Å². The Morgan fingerprint density at radius 1 is 1.36 bits per heavy atom. The summed E-state index contributed by atoms with van der Waals surface area (Å²) in [6.45, 7) is 5.58. The number of likely N-dealkylation sites (N-methyl/N-ethyl adjacent to an activating group) is 1. The average Bonchev–Trinajstić information content (AvgIpc) is 2.53. The van der Waals surface area contributed by atoms with Gasteiger partial charge in [0.1, 0.15) is 6.54 Å². The van der Waals surface area contributed by atoms with Gasteiger partial charge in [-0.25, -0.2) is 4.99 Å². The largest absolute Gasteiger partial charge is 0.380 e. The predicted octanol–water partition coefficient (Wildman–Crippen LogP) is 0.215. The van der Waals surface area contributed by atoms with Crippen LogP contribution in [0.5, 0.6) is 0 Å². The van der Waals surface area contributed by atoms with Crippen molar-refractivity contribution in [3.8, 4) is 0 Å². The van der Waals surface area contributed by atoms with Crippen LogP contribution < -0.4 is 10.6 Å². The number of nitrogens with one attached hydrogen (secondary N) is 2. The van der Waals surface area contributed by atoms with Gasteiger partial charge in [0.25, 0.3) is 0 Å². The molecule has 0 bridgehead atoms. The molecule has 0 aromatic carbocycles. The Morgan fingerprint density at radius 2 is 2.18 bits per heavy atom. The van der Waals surface area contributed by atoms with E-state index >= 15 is 0 Å². The highest BCUT2D eigenvalue weighted by atomic mass is 16.5. The van der Waals surface area contributed by atoms with Gasteiger partial charge in [0.15, 0.2) is 5.96 Å². The number of hydrogen-bond donors (Lipinski definition) is 2. The molecule has 0 aliphatic carbocycles. The molecule has 0 aromatic rings. The lowest BCUT2D eigenvalue weighted by Crippen LogP contribution is -2.44. The van der Waals surface area contributed by atoms with E-state index in [0.29, 0.717) is 32.3 Å². The molecular formula is C15H30N4O3. The first kappa shape index (κ1) is 18.7. The molecule has 22 heavy (non-hydrogen) atoms. The van der Waals surface area contributed by atoms with Crippen LogP contribution in [0.1, 0.15) is 26.2 Å². The number of aliphatic imine (C=N–C) groups is 1. The molecule has 1 heterocycles. The first-order valence-corrected chi connectivity index (χ1v) is 8.05. The molecule has 1 amide bonds. The van der Waals surface area contributed by atoms with Crippen LogP contribution in [0.2, 0.25) is 0 Å². The van der Waals surface area contributed by atoms with E-state index in [9.17, 15) is 4.79 Å². The quantitative estimate of drug-likeness (QED) is 0.381. The van der Waals surface area contributed by atoms with Gasteiger partial charge in [0.05, 0.1) is 12.7 Å². The molecule has 0 spiro atoms. The second kappa shape index (κ2) is 11.3. The predicted molar refractivity (Wildman–Crippen MR) is 87.1 cm³/mol. The second-order valence-corrected chi connectivity index (χ2v) is 5.45. The highest BCUT2D eigenvalue weighted by Gasteiger charge is 2.14. The first-order chi connectivity index (χ1) is 10.6. The van der Waals surface area contributed by atoms with E-state index < -0.39 is 0 Å². The maximum Gasteiger partial charge on any atom is 0.243 e. The van der Waals surface area contributed by atoms with Gasteiger partial charge in [-0.05, 0) is 26.2 Å². The van der Waals surface area contributed by atoms with Crippen molar-refractivity contribution < 1.29 is 14.3 Å². The van der Waals surface area contributed by atoms with Crippen molar-refractivity contribution in [3.63, 3.8) is 0 Å². The van der Waals surface area contributed by atoms with Crippen LogP contribution in [0, 0.1) is 0 Å². The van der Waals surface area contributed by atoms with Gasteiger partial charge in [0, 0.05) is 40.4 Å². The number of carbonyl (C=O) groups is 1. The monoisotopic (exact) mass is 314 g/mol. The fourth-order valence-corrected chi connectivity index (χ4v) is 2.03. The maximum absolute atomic E-state index is 11.6. The number of guanidine groups is 1. The molecule has 1 unspecified atom stereocenters. The van der Waals surface area contributed by atoms with Crippen molar-refractivity contribution in [1.82, 2.24) is 15.5 Å². The number of hydrogen-bond acceptors (Lipinski definition) is 4. The summed E-state index contributed by atoms with van der Waals surface area (Å²) < 4.78 is 11.0. The van der Waals surface area contributed by atoms with Crippen LogP contribution in [0.4, 0.5) is 0 Å². The number of rotatable bonds is 8. The molecule has 7 nitrogen and oxygen atoms in total. The Labute approximate surface area is 133 Å². The molecule has 0 aromatic heterocycles. The molecule has 1 saturated heterocycles. The topological polar surface area (TPSA) is 75.2 Å². The van der Waals surface area contributed by atoms with Crippen LogP contribution in [0.25, 0.3) is 0 Å². The zero-order valence-corrected chi connectivity index (χ0v) is 14.1. The van der Waals surface area contributed by atoms with E-state index in [-0.39, 0.29) is 18.6 Å². The minimum Gasteiger partial charge on any atom is -0.380 e. The standard InChI is InChI=1S/C15H30N4O3/c1-4-21-10-8-16-15(18-12-14(20)19(2)3)17-11-13-7-5-6-9-22-13/h13H,4-12H2,1-3H3,(H2,16,17,18). The fraction of sp³-hybridized carbons (Fsp3) is 0.867. The third-order valence-electron chi connectivity index (χ3n) is 3.39. The van der Waals surface area contributed by atoms with Crippen molar-refractivity contribution in [2.24, 2.45) is 4.99 Å². The molecule has 0 saturated carbocycles. The van der Waals surface area contributed by atoms with E-state index in [0.717, 1.165) is 19.4 Å². The first-order valence-electron chi connectivity index (χ1n) is 8.05. The Kier molecular flexibility index (Phi) is 9.57. The van der Waals surface area contributed by atoms with E-state index in [1.54, 1.807) is 14.1 Å². The highest BCUT2D eigenvalue weighted by molar-refractivity contribution is 5.84. The van der Waals surface area contributed by atoms with Gasteiger partial charge in [-0.2, -0.15) is 0 Å². The van der Waals surface area contributed by atoms with Gasteiger partial charge < -0.3 is 25.0 Å². The van der Waals surface area contributed by atoms with E-state index in [1.807, 2.05) is 6.92 Å². The van der Waals surface area contributed by atoms with Gasteiger partial charge in [-0.3, -0.25) is 4.79 Å². The Bertz CT molecular complexity index is 342. The Hall–Kier alpha value is -1.34. The number of ether oxygens (including phenoxy) is 2. The van der Waals surface area contributed by atoms with Crippen LogP contribution >= 0.6 is 0 Å². The van der Waals surface area contributed by atoms with E-state index in [1.165, 1.54) is 11.3 Å². The molecular weight excluding hydrogens is 284 g/mol. The average molecular weight is 314 g/mol. The Morgan fingerprint density at radius 3 is 2.82 bits per heavy atom. The summed E-state index contributed by atoms with van der Waals surface area (Å²) in [6, 6.07) is 0. The van der Waals surface area contributed by atoms with Crippen LogP contribution in [0.15, 0.2) is 4.99 Å². The molecule has 128 valence electrons. The lowest BCUT2D eigenvalue weighted by molar-refractivity contribution is -0.127. The molecule has 1 aliphatic rings. The minimum atomic E-state index is -0.0279. The third kappa shape index (κ3) is 8.19. The van der Waals surface area contributed by atoms with Crippen molar-refractivity contribution in [2.45, 2.75) is 32.3 Å². The summed E-state index contributed by atoms with van der Waals surface area (Å²) in [5, 5.41) is 6.42. The smallest absolute Gasteiger partial charge is 0.243 e.